The van der Waals surface area contributed by atoms with E-state index in [1.165, 1.54) is 29.2 Å². The molecule has 1 unspecified atom stereocenters. The fourth-order valence-corrected chi connectivity index (χ4v) is 3.06. The van der Waals surface area contributed by atoms with E-state index in [1.54, 1.807) is 45.0 Å². The maximum absolute atomic E-state index is 13.4. The number of aliphatic hydroxyl groups excluding tert-OH is 1. The molecule has 1 N–H and O–H groups in total. The van der Waals surface area contributed by atoms with Crippen molar-refractivity contribution in [3.05, 3.63) is 77.3 Å². The summed E-state index contributed by atoms with van der Waals surface area (Å²) in [6, 6.07) is 13.6. The first-order valence-corrected chi connectivity index (χ1v) is 8.34. The lowest BCUT2D eigenvalue weighted by atomic mass is 9.82. The third kappa shape index (κ3) is 3.01. The smallest absolute Gasteiger partial charge is 0.294 e. The normalized spacial score (nSPS) is 17.8. The average molecular weight is 353 g/mol. The first-order valence-electron chi connectivity index (χ1n) is 8.34. The molecule has 1 amide bonds. The van der Waals surface area contributed by atoms with Gasteiger partial charge in [-0.3, -0.25) is 14.5 Å². The molecule has 0 fully saturated rings. The van der Waals surface area contributed by atoms with Crippen LogP contribution in [-0.2, 0) is 9.59 Å². The number of benzene rings is 2. The van der Waals surface area contributed by atoms with Gasteiger partial charge in [0.1, 0.15) is 5.82 Å². The predicted molar refractivity (Wildman–Crippen MR) is 97.2 cm³/mol. The van der Waals surface area contributed by atoms with Crippen LogP contribution in [0.25, 0.3) is 0 Å². The number of nitrogens with zero attached hydrogens (tertiary/aromatic N) is 1. The molecular formula is C21H20FNO3. The van der Waals surface area contributed by atoms with Crippen LogP contribution in [0.3, 0.4) is 0 Å². The van der Waals surface area contributed by atoms with Crippen molar-refractivity contribution >= 4 is 17.4 Å². The molecule has 1 heterocycles. The van der Waals surface area contributed by atoms with Gasteiger partial charge in [0, 0.05) is 11.1 Å². The van der Waals surface area contributed by atoms with Gasteiger partial charge >= 0.3 is 0 Å². The van der Waals surface area contributed by atoms with E-state index in [9.17, 15) is 19.1 Å². The van der Waals surface area contributed by atoms with Gasteiger partial charge in [-0.15, -0.1) is 0 Å². The molecule has 2 aromatic rings. The van der Waals surface area contributed by atoms with Crippen molar-refractivity contribution < 1.29 is 19.1 Å². The molecule has 0 saturated heterocycles. The molecular weight excluding hydrogens is 333 g/mol. The molecule has 134 valence electrons. The van der Waals surface area contributed by atoms with E-state index in [0.29, 0.717) is 11.3 Å². The number of carbonyl (C=O) groups is 2. The minimum absolute atomic E-state index is 0.0398. The van der Waals surface area contributed by atoms with Crippen LogP contribution in [0.4, 0.5) is 10.1 Å². The van der Waals surface area contributed by atoms with Gasteiger partial charge in [0.2, 0.25) is 0 Å². The van der Waals surface area contributed by atoms with Crippen molar-refractivity contribution in [2.45, 2.75) is 26.8 Å². The summed E-state index contributed by atoms with van der Waals surface area (Å²) in [5, 5.41) is 10.5. The van der Waals surface area contributed by atoms with Gasteiger partial charge in [-0.2, -0.15) is 0 Å². The van der Waals surface area contributed by atoms with Gasteiger partial charge in [0.05, 0.1) is 11.6 Å². The van der Waals surface area contributed by atoms with Gasteiger partial charge in [0.15, 0.2) is 11.5 Å². The van der Waals surface area contributed by atoms with Gasteiger partial charge in [0.25, 0.3) is 5.91 Å². The minimum atomic E-state index is -0.808. The fourth-order valence-electron chi connectivity index (χ4n) is 3.06. The molecule has 1 aliphatic rings. The monoisotopic (exact) mass is 353 g/mol. The van der Waals surface area contributed by atoms with Crippen LogP contribution in [0.2, 0.25) is 0 Å². The maximum Gasteiger partial charge on any atom is 0.294 e. The van der Waals surface area contributed by atoms with Crippen molar-refractivity contribution in [2.24, 2.45) is 5.41 Å². The van der Waals surface area contributed by atoms with Gasteiger partial charge in [-0.05, 0) is 29.8 Å². The van der Waals surface area contributed by atoms with E-state index >= 15 is 0 Å². The molecule has 2 aromatic carbocycles. The molecule has 0 radical (unpaired) electrons. The number of rotatable bonds is 3. The second kappa shape index (κ2) is 6.41. The van der Waals surface area contributed by atoms with E-state index < -0.39 is 28.9 Å². The summed E-state index contributed by atoms with van der Waals surface area (Å²) >= 11 is 0. The van der Waals surface area contributed by atoms with Crippen LogP contribution in [0.1, 0.15) is 32.4 Å². The third-order valence-corrected chi connectivity index (χ3v) is 4.35. The molecule has 5 heteroatoms. The lowest BCUT2D eigenvalue weighted by Crippen LogP contribution is -2.32. The summed E-state index contributed by atoms with van der Waals surface area (Å²) in [5.41, 5.74) is 0.363. The SMILES string of the molecule is CC(C)(C)C(=O)C1=C(O)C(=O)N(c2ccccc2)C1c1ccc(F)cc1. The Labute approximate surface area is 151 Å². The second-order valence-corrected chi connectivity index (χ2v) is 7.31. The summed E-state index contributed by atoms with van der Waals surface area (Å²) in [7, 11) is 0. The van der Waals surface area contributed by atoms with E-state index in [0.717, 1.165) is 0 Å². The number of hydrogen-bond acceptors (Lipinski definition) is 3. The first kappa shape index (κ1) is 17.9. The number of anilines is 1. The van der Waals surface area contributed by atoms with Crippen molar-refractivity contribution in [2.75, 3.05) is 4.90 Å². The van der Waals surface area contributed by atoms with Crippen molar-refractivity contribution in [3.63, 3.8) is 0 Å². The standard InChI is InChI=1S/C21H20FNO3/c1-21(2,3)19(25)16-17(13-9-11-14(22)12-10-13)23(20(26)18(16)24)15-7-5-4-6-8-15/h4-12,17,24H,1-3H3. The Hall–Kier alpha value is -2.95. The molecule has 1 atom stereocenters. The highest BCUT2D eigenvalue weighted by molar-refractivity contribution is 6.17. The predicted octanol–water partition coefficient (Wildman–Crippen LogP) is 4.34. The largest absolute Gasteiger partial charge is 0.503 e. The van der Waals surface area contributed by atoms with Crippen LogP contribution in [0.15, 0.2) is 65.9 Å². The van der Waals surface area contributed by atoms with Crippen LogP contribution >= 0.6 is 0 Å². The molecule has 0 spiro atoms. The van der Waals surface area contributed by atoms with E-state index in [2.05, 4.69) is 0 Å². The van der Waals surface area contributed by atoms with Crippen molar-refractivity contribution in [3.8, 4) is 0 Å². The number of hydrogen-bond donors (Lipinski definition) is 1. The van der Waals surface area contributed by atoms with Crippen LogP contribution in [0.5, 0.6) is 0 Å². The number of Topliss-reactive ketones (excluding diaryl/α,β-unsaturated/α-hetero) is 1. The number of carbonyl (C=O) groups excluding carboxylic acids is 2. The fraction of sp³-hybridized carbons (Fsp3) is 0.238. The number of amides is 1. The molecule has 26 heavy (non-hydrogen) atoms. The number of halogens is 1. The van der Waals surface area contributed by atoms with Crippen LogP contribution < -0.4 is 4.90 Å². The summed E-state index contributed by atoms with van der Waals surface area (Å²) in [6.07, 6.45) is 0. The molecule has 1 aliphatic heterocycles. The lowest BCUT2D eigenvalue weighted by molar-refractivity contribution is -0.123. The van der Waals surface area contributed by atoms with Crippen molar-refractivity contribution in [1.82, 2.24) is 0 Å². The van der Waals surface area contributed by atoms with Gasteiger partial charge in [-0.1, -0.05) is 51.1 Å². The highest BCUT2D eigenvalue weighted by atomic mass is 19.1. The number of ketones is 1. The summed E-state index contributed by atoms with van der Waals surface area (Å²) in [5.74, 6) is -1.93. The number of aliphatic hydroxyl groups is 1. The molecule has 0 saturated carbocycles. The first-order chi connectivity index (χ1) is 12.2. The Morgan fingerprint density at radius 2 is 1.62 bits per heavy atom. The lowest BCUT2D eigenvalue weighted by Gasteiger charge is -2.29. The highest BCUT2D eigenvalue weighted by Gasteiger charge is 2.46. The third-order valence-electron chi connectivity index (χ3n) is 4.35. The summed E-state index contributed by atoms with van der Waals surface area (Å²) < 4.78 is 13.4. The Kier molecular flexibility index (Phi) is 4.40. The van der Waals surface area contributed by atoms with Gasteiger partial charge < -0.3 is 5.11 Å². The zero-order valence-corrected chi connectivity index (χ0v) is 14.9. The quantitative estimate of drug-likeness (QED) is 0.893. The molecule has 4 nitrogen and oxygen atoms in total. The molecule has 0 aromatic heterocycles. The Morgan fingerprint density at radius 1 is 1.04 bits per heavy atom. The van der Waals surface area contributed by atoms with E-state index in [4.69, 9.17) is 0 Å². The Balaban J connectivity index is 2.20. The van der Waals surface area contributed by atoms with Crippen molar-refractivity contribution in [1.29, 1.82) is 0 Å². The summed E-state index contributed by atoms with van der Waals surface area (Å²) in [6.45, 7) is 5.19. The average Bonchev–Trinajstić information content (AvgIpc) is 2.86. The maximum atomic E-state index is 13.4. The number of para-hydroxylation sites is 1. The Bertz CT molecular complexity index is 880. The Morgan fingerprint density at radius 3 is 2.15 bits per heavy atom. The molecule has 3 rings (SSSR count). The zero-order valence-electron chi connectivity index (χ0n) is 14.9. The topological polar surface area (TPSA) is 57.6 Å². The highest BCUT2D eigenvalue weighted by Crippen LogP contribution is 2.43. The second-order valence-electron chi connectivity index (χ2n) is 7.31. The van der Waals surface area contributed by atoms with E-state index in [-0.39, 0.29) is 11.4 Å². The van der Waals surface area contributed by atoms with Crippen LogP contribution in [-0.4, -0.2) is 16.8 Å². The van der Waals surface area contributed by atoms with Crippen LogP contribution in [0, 0.1) is 11.2 Å². The van der Waals surface area contributed by atoms with Gasteiger partial charge in [-0.25, -0.2) is 4.39 Å². The van der Waals surface area contributed by atoms with E-state index in [1.807, 2.05) is 6.07 Å². The zero-order chi connectivity index (χ0) is 19.1. The molecule has 0 aliphatic carbocycles. The summed E-state index contributed by atoms with van der Waals surface area (Å²) in [4.78, 5) is 27.1. The minimum Gasteiger partial charge on any atom is -0.503 e. The molecule has 0 bridgehead atoms.